The Morgan fingerprint density at radius 2 is 1.90 bits per heavy atom. The van der Waals surface area contributed by atoms with Gasteiger partial charge in [0.25, 0.3) is 11.8 Å². The molecule has 39 heavy (non-hydrogen) atoms. The van der Waals surface area contributed by atoms with Crippen molar-refractivity contribution in [2.75, 3.05) is 51.3 Å². The van der Waals surface area contributed by atoms with Crippen LogP contribution in [0.4, 0.5) is 19.4 Å². The Balaban J connectivity index is 1.35. The number of ether oxygens (including phenoxy) is 1. The van der Waals surface area contributed by atoms with Crippen molar-refractivity contribution < 1.29 is 32.3 Å². The molecule has 204 valence electrons. The number of piperazine rings is 1. The molecular formula is C26H26F2N6O5. The Hall–Kier alpha value is -4.26. The van der Waals surface area contributed by atoms with E-state index >= 15 is 4.39 Å². The molecule has 4 amide bonds. The van der Waals surface area contributed by atoms with E-state index in [2.05, 4.69) is 27.4 Å². The topological polar surface area (TPSA) is 120 Å². The van der Waals surface area contributed by atoms with Crippen molar-refractivity contribution in [3.8, 4) is 5.75 Å². The van der Waals surface area contributed by atoms with Crippen molar-refractivity contribution in [3.05, 3.63) is 52.8 Å². The summed E-state index contributed by atoms with van der Waals surface area (Å²) in [5.74, 6) is -2.73. The lowest BCUT2D eigenvalue weighted by molar-refractivity contribution is -0.125. The van der Waals surface area contributed by atoms with Gasteiger partial charge in [-0.2, -0.15) is 0 Å². The van der Waals surface area contributed by atoms with Crippen LogP contribution < -0.4 is 20.3 Å². The van der Waals surface area contributed by atoms with Gasteiger partial charge in [-0.25, -0.2) is 18.6 Å². The summed E-state index contributed by atoms with van der Waals surface area (Å²) in [7, 11) is 1.30. The molecule has 2 N–H and O–H groups in total. The van der Waals surface area contributed by atoms with E-state index in [4.69, 9.17) is 9.15 Å². The monoisotopic (exact) mass is 540 g/mol. The molecule has 0 aliphatic carbocycles. The molecule has 5 heterocycles. The molecular weight excluding hydrogens is 514 g/mol. The average molecular weight is 541 g/mol. The normalized spacial score (nSPS) is 21.5. The number of nitrogens with zero attached hydrogens (tertiary/aromatic N) is 4. The Morgan fingerprint density at radius 1 is 1.13 bits per heavy atom. The van der Waals surface area contributed by atoms with Crippen molar-refractivity contribution in [1.82, 2.24) is 25.4 Å². The lowest BCUT2D eigenvalue weighted by atomic mass is 9.95. The van der Waals surface area contributed by atoms with E-state index in [-0.39, 0.29) is 41.6 Å². The summed E-state index contributed by atoms with van der Waals surface area (Å²) >= 11 is 0. The fourth-order valence-corrected chi connectivity index (χ4v) is 5.46. The van der Waals surface area contributed by atoms with Crippen LogP contribution in [0.15, 0.2) is 28.7 Å². The molecule has 1 unspecified atom stereocenters. The van der Waals surface area contributed by atoms with Crippen LogP contribution in [0.2, 0.25) is 0 Å². The first-order chi connectivity index (χ1) is 18.7. The third-order valence-electron chi connectivity index (χ3n) is 7.62. The van der Waals surface area contributed by atoms with Crippen LogP contribution in [-0.4, -0.2) is 79.0 Å². The van der Waals surface area contributed by atoms with E-state index in [0.29, 0.717) is 24.2 Å². The molecule has 1 atom stereocenters. The standard InChI is InChI=1S/C26H26F2N6O5/c1-3-32-6-8-33(9-7-32)22-15(27)10-18-16(29-22)11-19(39-18)26(24(36)30-25(37)31-26)13-34-12-14-4-5-17(38-2)21(28)20(14)23(34)35/h4-5,10-11H,3,6-9,12-13H2,1-2H3,(H2,30,31,36,37). The number of benzene rings is 1. The number of pyridine rings is 1. The van der Waals surface area contributed by atoms with Gasteiger partial charge in [0.2, 0.25) is 0 Å². The summed E-state index contributed by atoms with van der Waals surface area (Å²) in [5, 5.41) is 4.75. The number of carbonyl (C=O) groups is 3. The molecule has 0 radical (unpaired) electrons. The largest absolute Gasteiger partial charge is 0.494 e. The highest BCUT2D eigenvalue weighted by molar-refractivity contribution is 6.08. The molecule has 2 aromatic heterocycles. The maximum atomic E-state index is 15.1. The lowest BCUT2D eigenvalue weighted by Crippen LogP contribution is -2.52. The molecule has 0 spiro atoms. The number of urea groups is 1. The quantitative estimate of drug-likeness (QED) is 0.456. The van der Waals surface area contributed by atoms with Crippen molar-refractivity contribution >= 4 is 34.8 Å². The first-order valence-corrected chi connectivity index (χ1v) is 12.6. The molecule has 2 saturated heterocycles. The zero-order valence-electron chi connectivity index (χ0n) is 21.3. The molecule has 1 aromatic carbocycles. The molecule has 3 aliphatic heterocycles. The first kappa shape index (κ1) is 25.0. The molecule has 0 bridgehead atoms. The van der Waals surface area contributed by atoms with E-state index in [1.807, 2.05) is 4.90 Å². The van der Waals surface area contributed by atoms with Crippen molar-refractivity contribution in [3.63, 3.8) is 0 Å². The highest BCUT2D eigenvalue weighted by atomic mass is 19.1. The zero-order valence-corrected chi connectivity index (χ0v) is 21.3. The molecule has 6 rings (SSSR count). The summed E-state index contributed by atoms with van der Waals surface area (Å²) < 4.78 is 40.9. The maximum Gasteiger partial charge on any atom is 0.322 e. The summed E-state index contributed by atoms with van der Waals surface area (Å²) in [6, 6.07) is 4.87. The van der Waals surface area contributed by atoms with Gasteiger partial charge in [0.1, 0.15) is 11.3 Å². The number of likely N-dealkylation sites (N-methyl/N-ethyl adjacent to an activating group) is 1. The molecule has 3 aliphatic rings. The van der Waals surface area contributed by atoms with Crippen LogP contribution in [0.5, 0.6) is 5.75 Å². The maximum absolute atomic E-state index is 15.1. The highest BCUT2D eigenvalue weighted by Gasteiger charge is 2.53. The van der Waals surface area contributed by atoms with Gasteiger partial charge in [0, 0.05) is 44.9 Å². The van der Waals surface area contributed by atoms with Crippen LogP contribution in [0.25, 0.3) is 11.1 Å². The minimum atomic E-state index is -1.83. The van der Waals surface area contributed by atoms with E-state index in [0.717, 1.165) is 19.6 Å². The second-order valence-electron chi connectivity index (χ2n) is 9.80. The van der Waals surface area contributed by atoms with Gasteiger partial charge in [0.15, 0.2) is 34.3 Å². The average Bonchev–Trinajstić information content (AvgIpc) is 3.57. The summed E-state index contributed by atoms with van der Waals surface area (Å²) in [5.41, 5.74) is -1.20. The summed E-state index contributed by atoms with van der Waals surface area (Å²) in [6.07, 6.45) is 0. The predicted octanol–water partition coefficient (Wildman–Crippen LogP) is 1.95. The Morgan fingerprint density at radius 3 is 2.56 bits per heavy atom. The SMILES string of the molecule is CCN1CCN(c2nc3cc(C4(CN5Cc6ccc(OC)c(F)c6C5=O)NC(=O)NC4=O)oc3cc2F)CC1. The van der Waals surface area contributed by atoms with Crippen molar-refractivity contribution in [1.29, 1.82) is 0 Å². The minimum Gasteiger partial charge on any atom is -0.494 e. The third kappa shape index (κ3) is 3.95. The van der Waals surface area contributed by atoms with E-state index < -0.39 is 35.0 Å². The number of hydrogen-bond donors (Lipinski definition) is 2. The second-order valence-corrected chi connectivity index (χ2v) is 9.80. The number of methoxy groups -OCH3 is 1. The van der Waals surface area contributed by atoms with Gasteiger partial charge in [-0.1, -0.05) is 13.0 Å². The molecule has 2 fully saturated rings. The smallest absolute Gasteiger partial charge is 0.322 e. The third-order valence-corrected chi connectivity index (χ3v) is 7.62. The molecule has 3 aromatic rings. The van der Waals surface area contributed by atoms with Crippen LogP contribution >= 0.6 is 0 Å². The number of rotatable bonds is 6. The molecule has 11 nitrogen and oxygen atoms in total. The van der Waals surface area contributed by atoms with Gasteiger partial charge < -0.3 is 29.2 Å². The van der Waals surface area contributed by atoms with Gasteiger partial charge in [-0.15, -0.1) is 0 Å². The summed E-state index contributed by atoms with van der Waals surface area (Å²) in [4.78, 5) is 48.5. The Labute approximate surface area is 221 Å². The van der Waals surface area contributed by atoms with E-state index in [1.54, 1.807) is 6.07 Å². The number of anilines is 1. The number of nitrogens with one attached hydrogen (secondary N) is 2. The highest BCUT2D eigenvalue weighted by Crippen LogP contribution is 2.36. The fourth-order valence-electron chi connectivity index (χ4n) is 5.46. The van der Waals surface area contributed by atoms with E-state index in [9.17, 15) is 18.8 Å². The van der Waals surface area contributed by atoms with Crippen LogP contribution in [0, 0.1) is 11.6 Å². The lowest BCUT2D eigenvalue weighted by Gasteiger charge is -2.34. The Bertz CT molecular complexity index is 1520. The number of amides is 4. The fraction of sp³-hybridized carbons (Fsp3) is 0.385. The van der Waals surface area contributed by atoms with Gasteiger partial charge in [-0.3, -0.25) is 14.9 Å². The van der Waals surface area contributed by atoms with Gasteiger partial charge in [-0.05, 0) is 18.2 Å². The van der Waals surface area contributed by atoms with Crippen molar-refractivity contribution in [2.24, 2.45) is 0 Å². The van der Waals surface area contributed by atoms with Gasteiger partial charge >= 0.3 is 6.03 Å². The number of furan rings is 1. The van der Waals surface area contributed by atoms with Crippen LogP contribution in [0.1, 0.15) is 28.6 Å². The first-order valence-electron chi connectivity index (χ1n) is 12.6. The zero-order chi connectivity index (χ0) is 27.5. The minimum absolute atomic E-state index is 0.000966. The van der Waals surface area contributed by atoms with Gasteiger partial charge in [0.05, 0.1) is 19.2 Å². The second kappa shape index (κ2) is 9.19. The van der Waals surface area contributed by atoms with E-state index in [1.165, 1.54) is 30.2 Å². The predicted molar refractivity (Wildman–Crippen MR) is 134 cm³/mol. The van der Waals surface area contributed by atoms with Crippen molar-refractivity contribution in [2.45, 2.75) is 19.0 Å². The number of hydrogen-bond acceptors (Lipinski definition) is 8. The number of halogens is 2. The Kier molecular flexibility index (Phi) is 5.90. The summed E-state index contributed by atoms with van der Waals surface area (Å²) in [6.45, 7) is 5.40. The van der Waals surface area contributed by atoms with Crippen LogP contribution in [-0.2, 0) is 16.9 Å². The number of imide groups is 1. The number of carbonyl (C=O) groups excluding carboxylic acids is 3. The molecule has 0 saturated carbocycles. The number of aromatic nitrogens is 1. The number of fused-ring (bicyclic) bond motifs is 2. The van der Waals surface area contributed by atoms with Crippen LogP contribution in [0.3, 0.4) is 0 Å². The molecule has 13 heteroatoms.